The van der Waals surface area contributed by atoms with Crippen LogP contribution < -0.4 is 5.73 Å². The minimum absolute atomic E-state index is 0.315. The molecule has 0 atom stereocenters. The lowest BCUT2D eigenvalue weighted by Crippen LogP contribution is -2.12. The van der Waals surface area contributed by atoms with E-state index < -0.39 is 0 Å². The summed E-state index contributed by atoms with van der Waals surface area (Å²) in [5.74, 6) is 0.514. The molecule has 26 heavy (non-hydrogen) atoms. The summed E-state index contributed by atoms with van der Waals surface area (Å²) in [6.45, 7) is 5.89. The number of ether oxygens (including phenoxy) is 1. The van der Waals surface area contributed by atoms with E-state index in [1.807, 2.05) is 38.1 Å². The van der Waals surface area contributed by atoms with E-state index in [1.54, 1.807) is 13.0 Å². The van der Waals surface area contributed by atoms with Crippen LogP contribution in [0.25, 0.3) is 10.9 Å². The Morgan fingerprint density at radius 2 is 1.96 bits per heavy atom. The van der Waals surface area contributed by atoms with Crippen molar-refractivity contribution in [3.05, 3.63) is 52.8 Å². The Bertz CT molecular complexity index is 955. The zero-order valence-corrected chi connectivity index (χ0v) is 15.8. The highest BCUT2D eigenvalue weighted by molar-refractivity contribution is 7.98. The van der Waals surface area contributed by atoms with Gasteiger partial charge in [-0.05, 0) is 32.4 Å². The van der Waals surface area contributed by atoms with Crippen LogP contribution in [0.1, 0.15) is 34.2 Å². The van der Waals surface area contributed by atoms with Gasteiger partial charge in [0.2, 0.25) is 0 Å². The second-order valence-electron chi connectivity index (χ2n) is 5.80. The van der Waals surface area contributed by atoms with Gasteiger partial charge in [0.1, 0.15) is 5.82 Å². The summed E-state index contributed by atoms with van der Waals surface area (Å²) in [6, 6.07) is 9.48. The number of pyridine rings is 1. The van der Waals surface area contributed by atoms with Gasteiger partial charge >= 0.3 is 5.97 Å². The zero-order valence-electron chi connectivity index (χ0n) is 14.9. The maximum absolute atomic E-state index is 12.5. The molecule has 3 aromatic rings. The van der Waals surface area contributed by atoms with E-state index in [-0.39, 0.29) is 5.97 Å². The smallest absolute Gasteiger partial charge is 0.340 e. The number of esters is 1. The maximum atomic E-state index is 12.5. The first kappa shape index (κ1) is 18.1. The van der Waals surface area contributed by atoms with Crippen molar-refractivity contribution in [1.29, 1.82) is 0 Å². The van der Waals surface area contributed by atoms with Gasteiger partial charge in [-0.2, -0.15) is 0 Å². The fourth-order valence-electron chi connectivity index (χ4n) is 2.78. The molecular weight excluding hydrogens is 348 g/mol. The molecule has 0 saturated heterocycles. The average Bonchev–Trinajstić information content (AvgIpc) is 2.59. The topological polar surface area (TPSA) is 91.0 Å². The van der Waals surface area contributed by atoms with Crippen molar-refractivity contribution in [2.75, 3.05) is 12.3 Å². The molecular formula is C19H20N4O2S. The van der Waals surface area contributed by atoms with E-state index in [2.05, 4.69) is 9.97 Å². The van der Waals surface area contributed by atoms with Crippen LogP contribution in [0.4, 0.5) is 5.82 Å². The summed E-state index contributed by atoms with van der Waals surface area (Å²) < 4.78 is 5.25. The number of fused-ring (bicyclic) bond motifs is 1. The van der Waals surface area contributed by atoms with Crippen molar-refractivity contribution in [2.45, 2.75) is 31.7 Å². The van der Waals surface area contributed by atoms with Crippen LogP contribution in [-0.4, -0.2) is 27.5 Å². The quantitative estimate of drug-likeness (QED) is 0.417. The third-order valence-electron chi connectivity index (χ3n) is 3.90. The van der Waals surface area contributed by atoms with E-state index >= 15 is 0 Å². The highest BCUT2D eigenvalue weighted by Gasteiger charge is 2.20. The highest BCUT2D eigenvalue weighted by Crippen LogP contribution is 2.28. The van der Waals surface area contributed by atoms with Crippen molar-refractivity contribution in [1.82, 2.24) is 15.0 Å². The van der Waals surface area contributed by atoms with Crippen molar-refractivity contribution in [3.63, 3.8) is 0 Å². The number of anilines is 1. The maximum Gasteiger partial charge on any atom is 0.340 e. The number of nitrogens with two attached hydrogens (primary N) is 1. The third kappa shape index (κ3) is 3.77. The van der Waals surface area contributed by atoms with E-state index in [4.69, 9.17) is 15.5 Å². The minimum Gasteiger partial charge on any atom is -0.462 e. The molecule has 0 aliphatic rings. The Hall–Kier alpha value is -2.67. The Balaban J connectivity index is 2.02. The third-order valence-corrected chi connectivity index (χ3v) is 4.76. The predicted octanol–water partition coefficient (Wildman–Crippen LogP) is 3.69. The molecule has 0 aliphatic heterocycles. The molecule has 0 spiro atoms. The number of benzene rings is 1. The first-order valence-electron chi connectivity index (χ1n) is 8.29. The Morgan fingerprint density at radius 1 is 1.19 bits per heavy atom. The molecule has 0 unspecified atom stereocenters. The predicted molar refractivity (Wildman–Crippen MR) is 103 cm³/mol. The van der Waals surface area contributed by atoms with E-state index in [0.29, 0.717) is 34.6 Å². The first-order chi connectivity index (χ1) is 12.5. The Morgan fingerprint density at radius 3 is 2.69 bits per heavy atom. The number of carbonyl (C=O) groups excluding carboxylic acids is 1. The zero-order chi connectivity index (χ0) is 18.7. The fourth-order valence-corrected chi connectivity index (χ4v) is 3.63. The van der Waals surface area contributed by atoms with E-state index in [1.165, 1.54) is 11.8 Å². The number of nitrogens with zero attached hydrogens (tertiary/aromatic N) is 3. The molecule has 3 rings (SSSR count). The number of hydrogen-bond acceptors (Lipinski definition) is 7. The molecule has 134 valence electrons. The molecule has 0 aliphatic carbocycles. The number of aryl methyl sites for hydroxylation is 2. The van der Waals surface area contributed by atoms with Gasteiger partial charge in [-0.15, -0.1) is 0 Å². The molecule has 2 aromatic heterocycles. The first-order valence-corrected chi connectivity index (χ1v) is 9.27. The van der Waals surface area contributed by atoms with Crippen LogP contribution in [0.2, 0.25) is 0 Å². The molecule has 1 aromatic carbocycles. The van der Waals surface area contributed by atoms with Crippen LogP contribution >= 0.6 is 11.8 Å². The molecule has 0 bridgehead atoms. The van der Waals surface area contributed by atoms with Gasteiger partial charge in [0.15, 0.2) is 5.16 Å². The second kappa shape index (κ2) is 7.70. The van der Waals surface area contributed by atoms with Crippen molar-refractivity contribution in [3.8, 4) is 0 Å². The van der Waals surface area contributed by atoms with Crippen LogP contribution in [-0.2, 0) is 10.5 Å². The molecule has 0 saturated carbocycles. The fraction of sp³-hybridized carbons (Fsp3) is 0.263. The number of hydrogen-bond donors (Lipinski definition) is 1. The molecule has 0 radical (unpaired) electrons. The van der Waals surface area contributed by atoms with Gasteiger partial charge in [0, 0.05) is 22.9 Å². The number of carbonyl (C=O) groups is 1. The lowest BCUT2D eigenvalue weighted by Gasteiger charge is -2.13. The van der Waals surface area contributed by atoms with Crippen LogP contribution in [0.3, 0.4) is 0 Å². The molecule has 2 N–H and O–H groups in total. The number of aromatic nitrogens is 3. The monoisotopic (exact) mass is 368 g/mol. The summed E-state index contributed by atoms with van der Waals surface area (Å²) >= 11 is 1.40. The summed E-state index contributed by atoms with van der Waals surface area (Å²) in [4.78, 5) is 25.8. The minimum atomic E-state index is -0.358. The number of thioether (sulfide) groups is 1. The van der Waals surface area contributed by atoms with E-state index in [9.17, 15) is 4.79 Å². The second-order valence-corrected chi connectivity index (χ2v) is 6.74. The van der Waals surface area contributed by atoms with Gasteiger partial charge in [-0.1, -0.05) is 30.0 Å². The lowest BCUT2D eigenvalue weighted by molar-refractivity contribution is 0.0524. The number of nitrogen functional groups attached to an aromatic ring is 1. The van der Waals surface area contributed by atoms with Crippen molar-refractivity contribution in [2.24, 2.45) is 0 Å². The largest absolute Gasteiger partial charge is 0.462 e. The van der Waals surface area contributed by atoms with Crippen LogP contribution in [0.15, 0.2) is 35.5 Å². The SMILES string of the molecule is CCOC(=O)c1c(CSc2nc(C)cc(N)n2)nc2ccccc2c1C. The highest BCUT2D eigenvalue weighted by atomic mass is 32.2. The summed E-state index contributed by atoms with van der Waals surface area (Å²) in [5.41, 5.74) is 9.48. The van der Waals surface area contributed by atoms with Crippen LogP contribution in [0.5, 0.6) is 0 Å². The Kier molecular flexibility index (Phi) is 5.37. The molecule has 0 amide bonds. The standard InChI is InChI=1S/C19H20N4O2S/c1-4-25-18(24)17-12(3)13-7-5-6-8-14(13)22-15(17)10-26-19-21-11(2)9-16(20)23-19/h5-9H,4,10H2,1-3H3,(H2,20,21,23). The normalized spacial score (nSPS) is 10.9. The van der Waals surface area contributed by atoms with Crippen molar-refractivity contribution >= 4 is 34.5 Å². The lowest BCUT2D eigenvalue weighted by atomic mass is 10.0. The molecule has 0 fully saturated rings. The number of rotatable bonds is 5. The van der Waals surface area contributed by atoms with E-state index in [0.717, 1.165) is 22.2 Å². The molecule has 2 heterocycles. The van der Waals surface area contributed by atoms with Crippen LogP contribution in [0, 0.1) is 13.8 Å². The van der Waals surface area contributed by atoms with Gasteiger partial charge in [-0.3, -0.25) is 4.98 Å². The van der Waals surface area contributed by atoms with Gasteiger partial charge in [0.25, 0.3) is 0 Å². The van der Waals surface area contributed by atoms with Gasteiger partial charge < -0.3 is 10.5 Å². The van der Waals surface area contributed by atoms with Gasteiger partial charge in [0.05, 0.1) is 23.4 Å². The summed E-state index contributed by atoms with van der Waals surface area (Å²) in [5, 5.41) is 1.50. The van der Waals surface area contributed by atoms with Crippen molar-refractivity contribution < 1.29 is 9.53 Å². The van der Waals surface area contributed by atoms with Gasteiger partial charge in [-0.25, -0.2) is 14.8 Å². The molecule has 7 heteroatoms. The summed E-state index contributed by atoms with van der Waals surface area (Å²) in [7, 11) is 0. The Labute approximate surface area is 156 Å². The number of para-hydroxylation sites is 1. The summed E-state index contributed by atoms with van der Waals surface area (Å²) in [6.07, 6.45) is 0. The molecule has 6 nitrogen and oxygen atoms in total. The average molecular weight is 368 g/mol.